The summed E-state index contributed by atoms with van der Waals surface area (Å²) < 4.78 is 5.28. The molecule has 2 N–H and O–H groups in total. The SMILES string of the molecule is CC(NC(=O)N(C)C1CCOCC1)c1nc(C(=O)O)cs1. The zero-order valence-corrected chi connectivity index (χ0v) is 12.9. The predicted octanol–water partition coefficient (Wildman–Crippen LogP) is 1.72. The fourth-order valence-corrected chi connectivity index (χ4v) is 2.97. The fraction of sp³-hybridized carbons (Fsp3) is 0.615. The summed E-state index contributed by atoms with van der Waals surface area (Å²) in [6, 6.07) is -0.323. The predicted molar refractivity (Wildman–Crippen MR) is 77.6 cm³/mol. The Hall–Kier alpha value is -1.67. The molecule has 1 aromatic heterocycles. The van der Waals surface area contributed by atoms with E-state index in [2.05, 4.69) is 10.3 Å². The molecule has 1 unspecified atom stereocenters. The molecule has 1 fully saturated rings. The number of carbonyl (C=O) groups is 2. The van der Waals surface area contributed by atoms with Crippen molar-refractivity contribution in [2.45, 2.75) is 31.8 Å². The third kappa shape index (κ3) is 3.92. The van der Waals surface area contributed by atoms with Gasteiger partial charge in [-0.05, 0) is 19.8 Å². The van der Waals surface area contributed by atoms with Crippen LogP contribution in [-0.2, 0) is 4.74 Å². The molecule has 1 saturated heterocycles. The van der Waals surface area contributed by atoms with Gasteiger partial charge in [0.2, 0.25) is 0 Å². The molecule has 1 aromatic rings. The number of ether oxygens (including phenoxy) is 1. The van der Waals surface area contributed by atoms with Gasteiger partial charge >= 0.3 is 12.0 Å². The lowest BCUT2D eigenvalue weighted by Crippen LogP contribution is -2.46. The Morgan fingerprint density at radius 1 is 1.52 bits per heavy atom. The fourth-order valence-electron chi connectivity index (χ4n) is 2.17. The highest BCUT2D eigenvalue weighted by Crippen LogP contribution is 2.19. The molecular formula is C13H19N3O4S. The molecule has 116 valence electrons. The second kappa shape index (κ2) is 6.86. The minimum Gasteiger partial charge on any atom is -0.476 e. The molecule has 0 bridgehead atoms. The van der Waals surface area contributed by atoms with E-state index in [0.717, 1.165) is 12.8 Å². The van der Waals surface area contributed by atoms with E-state index in [4.69, 9.17) is 9.84 Å². The number of hydrogen-bond donors (Lipinski definition) is 2. The highest BCUT2D eigenvalue weighted by atomic mass is 32.1. The van der Waals surface area contributed by atoms with Crippen LogP contribution >= 0.6 is 11.3 Å². The normalized spacial score (nSPS) is 17.2. The van der Waals surface area contributed by atoms with E-state index in [9.17, 15) is 9.59 Å². The first-order valence-electron chi connectivity index (χ1n) is 6.79. The number of thiazole rings is 1. The van der Waals surface area contributed by atoms with Gasteiger partial charge in [0.25, 0.3) is 0 Å². The maximum atomic E-state index is 12.2. The van der Waals surface area contributed by atoms with Crippen molar-refractivity contribution in [2.75, 3.05) is 20.3 Å². The number of carbonyl (C=O) groups excluding carboxylic acids is 1. The Bertz CT molecular complexity index is 513. The van der Waals surface area contributed by atoms with E-state index in [1.165, 1.54) is 16.7 Å². The molecule has 0 radical (unpaired) electrons. The molecule has 21 heavy (non-hydrogen) atoms. The van der Waals surface area contributed by atoms with Gasteiger partial charge in [-0.3, -0.25) is 0 Å². The third-order valence-electron chi connectivity index (χ3n) is 3.51. The van der Waals surface area contributed by atoms with E-state index in [1.54, 1.807) is 18.9 Å². The standard InChI is InChI=1S/C13H19N3O4S/c1-8(11-15-10(7-21-11)12(17)18)14-13(19)16(2)9-3-5-20-6-4-9/h7-9H,3-6H2,1-2H3,(H,14,19)(H,17,18). The molecule has 0 saturated carbocycles. The van der Waals surface area contributed by atoms with Crippen molar-refractivity contribution in [3.63, 3.8) is 0 Å². The average molecular weight is 313 g/mol. The van der Waals surface area contributed by atoms with Crippen LogP contribution in [0.5, 0.6) is 0 Å². The number of nitrogens with one attached hydrogen (secondary N) is 1. The smallest absolute Gasteiger partial charge is 0.355 e. The summed E-state index contributed by atoms with van der Waals surface area (Å²) in [5.74, 6) is -1.06. The van der Waals surface area contributed by atoms with Gasteiger partial charge in [-0.2, -0.15) is 0 Å². The summed E-state index contributed by atoms with van der Waals surface area (Å²) in [5, 5.41) is 13.8. The Kier molecular flexibility index (Phi) is 5.13. The van der Waals surface area contributed by atoms with Crippen molar-refractivity contribution in [2.24, 2.45) is 0 Å². The Labute approximate surface area is 126 Å². The molecule has 1 aliphatic rings. The molecule has 7 nitrogen and oxygen atoms in total. The summed E-state index contributed by atoms with van der Waals surface area (Å²) in [5.41, 5.74) is 0.00822. The molecule has 8 heteroatoms. The number of aromatic carboxylic acids is 1. The topological polar surface area (TPSA) is 91.8 Å². The van der Waals surface area contributed by atoms with Crippen LogP contribution in [0.1, 0.15) is 41.3 Å². The first-order valence-corrected chi connectivity index (χ1v) is 7.66. The molecule has 1 atom stereocenters. The molecule has 2 rings (SSSR count). The lowest BCUT2D eigenvalue weighted by atomic mass is 10.1. The van der Waals surface area contributed by atoms with Crippen LogP contribution in [0.15, 0.2) is 5.38 Å². The zero-order valence-electron chi connectivity index (χ0n) is 12.0. The van der Waals surface area contributed by atoms with E-state index >= 15 is 0 Å². The first-order chi connectivity index (χ1) is 9.99. The van der Waals surface area contributed by atoms with E-state index in [1.807, 2.05) is 0 Å². The number of aromatic nitrogens is 1. The van der Waals surface area contributed by atoms with Gasteiger partial charge in [-0.15, -0.1) is 11.3 Å². The van der Waals surface area contributed by atoms with Crippen molar-refractivity contribution in [3.05, 3.63) is 16.1 Å². The van der Waals surface area contributed by atoms with Gasteiger partial charge in [0, 0.05) is 31.7 Å². The van der Waals surface area contributed by atoms with Gasteiger partial charge in [0.05, 0.1) is 6.04 Å². The van der Waals surface area contributed by atoms with Crippen molar-refractivity contribution >= 4 is 23.3 Å². The minimum absolute atomic E-state index is 0.00822. The monoisotopic (exact) mass is 313 g/mol. The number of urea groups is 1. The van der Waals surface area contributed by atoms with Crippen LogP contribution in [0.3, 0.4) is 0 Å². The highest BCUT2D eigenvalue weighted by molar-refractivity contribution is 7.09. The van der Waals surface area contributed by atoms with Crippen LogP contribution in [0.4, 0.5) is 4.79 Å². The molecule has 0 spiro atoms. The van der Waals surface area contributed by atoms with Crippen LogP contribution in [0.2, 0.25) is 0 Å². The van der Waals surface area contributed by atoms with Crippen molar-refractivity contribution in [3.8, 4) is 0 Å². The quantitative estimate of drug-likeness (QED) is 0.883. The van der Waals surface area contributed by atoms with E-state index in [-0.39, 0.29) is 23.8 Å². The van der Waals surface area contributed by atoms with Gasteiger partial charge < -0.3 is 20.1 Å². The molecule has 0 aliphatic carbocycles. The molecule has 2 heterocycles. The maximum absolute atomic E-state index is 12.2. The van der Waals surface area contributed by atoms with Crippen LogP contribution < -0.4 is 5.32 Å². The van der Waals surface area contributed by atoms with Crippen molar-refractivity contribution in [1.29, 1.82) is 0 Å². The van der Waals surface area contributed by atoms with Crippen molar-refractivity contribution < 1.29 is 19.4 Å². The maximum Gasteiger partial charge on any atom is 0.355 e. The lowest BCUT2D eigenvalue weighted by Gasteiger charge is -2.31. The van der Waals surface area contributed by atoms with Crippen LogP contribution in [0, 0.1) is 0 Å². The molecular weight excluding hydrogens is 294 g/mol. The Morgan fingerprint density at radius 3 is 2.76 bits per heavy atom. The van der Waals surface area contributed by atoms with Crippen LogP contribution in [-0.4, -0.2) is 53.3 Å². The lowest BCUT2D eigenvalue weighted by molar-refractivity contribution is 0.0522. The minimum atomic E-state index is -1.06. The highest BCUT2D eigenvalue weighted by Gasteiger charge is 2.24. The van der Waals surface area contributed by atoms with Gasteiger partial charge in [0.1, 0.15) is 5.01 Å². The number of hydrogen-bond acceptors (Lipinski definition) is 5. The second-order valence-corrected chi connectivity index (χ2v) is 5.89. The third-order valence-corrected chi connectivity index (χ3v) is 4.54. The number of nitrogens with zero attached hydrogens (tertiary/aromatic N) is 2. The van der Waals surface area contributed by atoms with Gasteiger partial charge in [0.15, 0.2) is 5.69 Å². The first kappa shape index (κ1) is 15.7. The number of carboxylic acid groups (broad SMARTS) is 1. The molecule has 0 aromatic carbocycles. The van der Waals surface area contributed by atoms with Crippen molar-refractivity contribution in [1.82, 2.24) is 15.2 Å². The Balaban J connectivity index is 1.92. The largest absolute Gasteiger partial charge is 0.476 e. The molecule has 1 aliphatic heterocycles. The zero-order chi connectivity index (χ0) is 15.4. The Morgan fingerprint density at radius 2 is 2.19 bits per heavy atom. The van der Waals surface area contributed by atoms with Crippen LogP contribution in [0.25, 0.3) is 0 Å². The van der Waals surface area contributed by atoms with E-state index < -0.39 is 5.97 Å². The molecule has 2 amide bonds. The summed E-state index contributed by atoms with van der Waals surface area (Å²) in [4.78, 5) is 28.7. The summed E-state index contributed by atoms with van der Waals surface area (Å²) in [6.07, 6.45) is 1.66. The second-order valence-electron chi connectivity index (χ2n) is 5.00. The summed E-state index contributed by atoms with van der Waals surface area (Å²) >= 11 is 1.23. The summed E-state index contributed by atoms with van der Waals surface area (Å²) in [7, 11) is 1.77. The number of carboxylic acids is 1. The number of amides is 2. The number of rotatable bonds is 4. The van der Waals surface area contributed by atoms with Gasteiger partial charge in [-0.1, -0.05) is 0 Å². The average Bonchev–Trinajstić information content (AvgIpc) is 2.97. The van der Waals surface area contributed by atoms with Gasteiger partial charge in [-0.25, -0.2) is 14.6 Å². The van der Waals surface area contributed by atoms with E-state index in [0.29, 0.717) is 18.2 Å². The summed E-state index contributed by atoms with van der Waals surface area (Å²) in [6.45, 7) is 3.14.